The van der Waals surface area contributed by atoms with Crippen LogP contribution in [0.25, 0.3) is 0 Å². The van der Waals surface area contributed by atoms with Crippen LogP contribution in [-0.4, -0.2) is 16.1 Å². The lowest BCUT2D eigenvalue weighted by Crippen LogP contribution is -2.11. The normalized spacial score (nSPS) is 12.4. The first-order chi connectivity index (χ1) is 7.54. The lowest BCUT2D eigenvalue weighted by molar-refractivity contribution is -0.385. The van der Waals surface area contributed by atoms with Crippen molar-refractivity contribution in [2.75, 3.05) is 0 Å². The van der Waals surface area contributed by atoms with Crippen molar-refractivity contribution in [3.8, 4) is 0 Å². The number of hydrogen-bond acceptors (Lipinski definition) is 3. The molecule has 0 heterocycles. The monoisotopic (exact) mass is 335 g/mol. The van der Waals surface area contributed by atoms with E-state index in [1.165, 1.54) is 6.07 Å². The molecule has 0 saturated carbocycles. The summed E-state index contributed by atoms with van der Waals surface area (Å²) in [5.74, 6) is 0. The second-order valence-electron chi connectivity index (χ2n) is 3.68. The topological polar surface area (TPSA) is 63.4 Å². The van der Waals surface area contributed by atoms with Crippen LogP contribution in [0.3, 0.4) is 0 Å². The highest BCUT2D eigenvalue weighted by molar-refractivity contribution is 14.1. The molecule has 1 aromatic rings. The molecule has 0 aliphatic carbocycles. The fraction of sp³-hybridized carbons (Fsp3) is 0.455. The van der Waals surface area contributed by atoms with Gasteiger partial charge in [-0.1, -0.05) is 19.4 Å². The fourth-order valence-electron chi connectivity index (χ4n) is 1.57. The number of benzene rings is 1. The Morgan fingerprint density at radius 3 is 2.81 bits per heavy atom. The molecule has 0 aromatic heterocycles. The zero-order valence-electron chi connectivity index (χ0n) is 9.02. The third-order valence-electron chi connectivity index (χ3n) is 2.32. The van der Waals surface area contributed by atoms with E-state index >= 15 is 0 Å². The first-order valence-electron chi connectivity index (χ1n) is 5.15. The van der Waals surface area contributed by atoms with Crippen LogP contribution in [0, 0.1) is 13.7 Å². The number of aliphatic hydroxyl groups excluding tert-OH is 1. The summed E-state index contributed by atoms with van der Waals surface area (Å²) in [4.78, 5) is 10.4. The number of nitrogens with zero attached hydrogens (tertiary/aromatic N) is 1. The number of nitro groups is 1. The Bertz CT molecular complexity index is 381. The van der Waals surface area contributed by atoms with E-state index in [-0.39, 0.29) is 5.69 Å². The van der Waals surface area contributed by atoms with Crippen LogP contribution in [-0.2, 0) is 6.42 Å². The molecule has 88 valence electrons. The largest absolute Gasteiger partial charge is 0.393 e. The van der Waals surface area contributed by atoms with E-state index < -0.39 is 11.0 Å². The van der Waals surface area contributed by atoms with Gasteiger partial charge in [-0.25, -0.2) is 0 Å². The molecule has 16 heavy (non-hydrogen) atoms. The highest BCUT2D eigenvalue weighted by atomic mass is 127. The Hall–Kier alpha value is -0.690. The summed E-state index contributed by atoms with van der Waals surface area (Å²) in [5.41, 5.74) is 0.702. The van der Waals surface area contributed by atoms with Gasteiger partial charge in [0.1, 0.15) is 0 Å². The molecule has 1 unspecified atom stereocenters. The SMILES string of the molecule is CCCC(O)Cc1ccc(I)cc1[N+](=O)[O-]. The van der Waals surface area contributed by atoms with Crippen LogP contribution < -0.4 is 0 Å². The molecule has 1 rings (SSSR count). The predicted octanol–water partition coefficient (Wildman–Crippen LogP) is 2.90. The molecular formula is C11H14INO3. The van der Waals surface area contributed by atoms with E-state index in [1.54, 1.807) is 6.07 Å². The van der Waals surface area contributed by atoms with Gasteiger partial charge in [-0.05, 0) is 35.1 Å². The smallest absolute Gasteiger partial charge is 0.273 e. The van der Waals surface area contributed by atoms with Gasteiger partial charge in [-0.15, -0.1) is 0 Å². The average molecular weight is 335 g/mol. The van der Waals surface area contributed by atoms with Gasteiger partial charge in [0.15, 0.2) is 0 Å². The Labute approximate surface area is 108 Å². The number of hydrogen-bond donors (Lipinski definition) is 1. The van der Waals surface area contributed by atoms with Crippen molar-refractivity contribution in [1.29, 1.82) is 0 Å². The van der Waals surface area contributed by atoms with Gasteiger partial charge in [-0.3, -0.25) is 10.1 Å². The molecule has 0 aliphatic heterocycles. The third kappa shape index (κ3) is 3.71. The summed E-state index contributed by atoms with van der Waals surface area (Å²) in [6, 6.07) is 5.08. The average Bonchev–Trinajstić information content (AvgIpc) is 2.20. The lowest BCUT2D eigenvalue weighted by atomic mass is 10.0. The summed E-state index contributed by atoms with van der Waals surface area (Å²) >= 11 is 2.04. The van der Waals surface area contributed by atoms with Crippen molar-refractivity contribution >= 4 is 28.3 Å². The number of halogens is 1. The summed E-state index contributed by atoms with van der Waals surface area (Å²) in [5, 5.41) is 20.5. The first-order valence-corrected chi connectivity index (χ1v) is 6.23. The molecule has 1 N–H and O–H groups in total. The van der Waals surface area contributed by atoms with E-state index in [2.05, 4.69) is 0 Å². The van der Waals surface area contributed by atoms with E-state index in [4.69, 9.17) is 0 Å². The van der Waals surface area contributed by atoms with Gasteiger partial charge < -0.3 is 5.11 Å². The van der Waals surface area contributed by atoms with Gasteiger partial charge in [-0.2, -0.15) is 0 Å². The minimum Gasteiger partial charge on any atom is -0.393 e. The molecule has 4 nitrogen and oxygen atoms in total. The van der Waals surface area contributed by atoms with Gasteiger partial charge in [0.2, 0.25) is 0 Å². The van der Waals surface area contributed by atoms with Crippen molar-refractivity contribution in [2.45, 2.75) is 32.3 Å². The number of aliphatic hydroxyl groups is 1. The molecule has 0 radical (unpaired) electrons. The molecule has 0 aliphatic rings. The molecule has 0 spiro atoms. The van der Waals surface area contributed by atoms with Crippen LogP contribution >= 0.6 is 22.6 Å². The maximum Gasteiger partial charge on any atom is 0.273 e. The zero-order chi connectivity index (χ0) is 12.1. The van der Waals surface area contributed by atoms with Crippen LogP contribution in [0.2, 0.25) is 0 Å². The fourth-order valence-corrected chi connectivity index (χ4v) is 2.04. The summed E-state index contributed by atoms with van der Waals surface area (Å²) in [7, 11) is 0. The Balaban J connectivity index is 2.90. The van der Waals surface area contributed by atoms with E-state index in [0.717, 1.165) is 9.99 Å². The molecule has 0 saturated heterocycles. The van der Waals surface area contributed by atoms with Crippen LogP contribution in [0.4, 0.5) is 5.69 Å². The van der Waals surface area contributed by atoms with Crippen molar-refractivity contribution in [3.63, 3.8) is 0 Å². The summed E-state index contributed by atoms with van der Waals surface area (Å²) in [6.07, 6.45) is 1.40. The van der Waals surface area contributed by atoms with Gasteiger partial charge in [0.05, 0.1) is 11.0 Å². The Kier molecular flexibility index (Phi) is 5.14. The van der Waals surface area contributed by atoms with E-state index in [9.17, 15) is 15.2 Å². The van der Waals surface area contributed by atoms with Crippen LogP contribution in [0.5, 0.6) is 0 Å². The highest BCUT2D eigenvalue weighted by Gasteiger charge is 2.16. The minimum absolute atomic E-state index is 0.0991. The predicted molar refractivity (Wildman–Crippen MR) is 70.4 cm³/mol. The second kappa shape index (κ2) is 6.15. The molecular weight excluding hydrogens is 321 g/mol. The van der Waals surface area contributed by atoms with Gasteiger partial charge in [0.25, 0.3) is 5.69 Å². The van der Waals surface area contributed by atoms with Crippen LogP contribution in [0.15, 0.2) is 18.2 Å². The van der Waals surface area contributed by atoms with Gasteiger partial charge in [0, 0.05) is 21.6 Å². The molecule has 0 fully saturated rings. The Morgan fingerprint density at radius 1 is 1.56 bits per heavy atom. The quantitative estimate of drug-likeness (QED) is 0.511. The van der Waals surface area contributed by atoms with Crippen molar-refractivity contribution in [2.24, 2.45) is 0 Å². The molecule has 0 amide bonds. The van der Waals surface area contributed by atoms with Crippen molar-refractivity contribution in [3.05, 3.63) is 37.4 Å². The van der Waals surface area contributed by atoms with Crippen LogP contribution in [0.1, 0.15) is 25.3 Å². The van der Waals surface area contributed by atoms with Gasteiger partial charge >= 0.3 is 0 Å². The lowest BCUT2D eigenvalue weighted by Gasteiger charge is -2.09. The van der Waals surface area contributed by atoms with Crippen molar-refractivity contribution in [1.82, 2.24) is 0 Å². The summed E-state index contributed by atoms with van der Waals surface area (Å²) < 4.78 is 0.832. The minimum atomic E-state index is -0.497. The molecule has 0 bridgehead atoms. The first kappa shape index (κ1) is 13.4. The second-order valence-corrected chi connectivity index (χ2v) is 4.92. The summed E-state index contributed by atoms with van der Waals surface area (Å²) in [6.45, 7) is 1.98. The maximum absolute atomic E-state index is 10.8. The van der Waals surface area contributed by atoms with Crippen molar-refractivity contribution < 1.29 is 10.0 Å². The zero-order valence-corrected chi connectivity index (χ0v) is 11.2. The Morgan fingerprint density at radius 2 is 2.25 bits per heavy atom. The molecule has 1 atom stereocenters. The standard InChI is InChI=1S/C11H14INO3/c1-2-3-10(14)6-8-4-5-9(12)7-11(8)13(15)16/h4-5,7,10,14H,2-3,6H2,1H3. The molecule has 1 aromatic carbocycles. The third-order valence-corrected chi connectivity index (χ3v) is 2.99. The molecule has 5 heteroatoms. The highest BCUT2D eigenvalue weighted by Crippen LogP contribution is 2.23. The maximum atomic E-state index is 10.8. The number of nitro benzene ring substituents is 1. The van der Waals surface area contributed by atoms with E-state index in [1.807, 2.05) is 35.6 Å². The van der Waals surface area contributed by atoms with E-state index in [0.29, 0.717) is 18.4 Å². The number of rotatable bonds is 5.